The molecule has 0 amide bonds. The quantitative estimate of drug-likeness (QED) is 0.799. The van der Waals surface area contributed by atoms with E-state index < -0.39 is 0 Å². The van der Waals surface area contributed by atoms with Crippen LogP contribution >= 0.6 is 0 Å². The highest BCUT2D eigenvalue weighted by molar-refractivity contribution is 5.83. The Morgan fingerprint density at radius 2 is 1.94 bits per heavy atom. The van der Waals surface area contributed by atoms with Crippen LogP contribution in [0.25, 0.3) is 10.9 Å². The maximum Gasteiger partial charge on any atom is 0.141 e. The summed E-state index contributed by atoms with van der Waals surface area (Å²) in [6.45, 7) is 3.43. The Labute approximate surface area is 94.8 Å². The molecule has 1 aromatic carbocycles. The Balaban J connectivity index is 0.000000221. The van der Waals surface area contributed by atoms with Gasteiger partial charge in [0.2, 0.25) is 0 Å². The standard InChI is InChI=1S/C9H7NO.C4H8O/c11-8-5-1-3-7-4-2-6-10-9(7)8;1-3-4(2)5/h1-6,11H;3H2,1-2H3. The second-order valence-corrected chi connectivity index (χ2v) is 3.41. The highest BCUT2D eigenvalue weighted by Gasteiger charge is 1.96. The molecule has 3 nitrogen and oxygen atoms in total. The number of carbonyl (C=O) groups is 1. The molecule has 16 heavy (non-hydrogen) atoms. The number of ketones is 1. The van der Waals surface area contributed by atoms with Gasteiger partial charge in [0.05, 0.1) is 0 Å². The van der Waals surface area contributed by atoms with Gasteiger partial charge in [-0.05, 0) is 19.1 Å². The lowest BCUT2D eigenvalue weighted by atomic mass is 10.2. The molecule has 0 aliphatic rings. The highest BCUT2D eigenvalue weighted by Crippen LogP contribution is 2.20. The van der Waals surface area contributed by atoms with Crippen molar-refractivity contribution in [1.82, 2.24) is 4.98 Å². The van der Waals surface area contributed by atoms with Gasteiger partial charge in [0.15, 0.2) is 0 Å². The van der Waals surface area contributed by atoms with Gasteiger partial charge in [-0.3, -0.25) is 4.98 Å². The number of nitrogens with zero attached hydrogens (tertiary/aromatic N) is 1. The first-order chi connectivity index (χ1) is 7.65. The summed E-state index contributed by atoms with van der Waals surface area (Å²) < 4.78 is 0. The van der Waals surface area contributed by atoms with E-state index in [0.717, 1.165) is 5.39 Å². The van der Waals surface area contributed by atoms with Crippen LogP contribution in [0, 0.1) is 0 Å². The van der Waals surface area contributed by atoms with Crippen LogP contribution < -0.4 is 0 Å². The lowest BCUT2D eigenvalue weighted by Crippen LogP contribution is -1.80. The smallest absolute Gasteiger partial charge is 0.141 e. The van der Waals surface area contributed by atoms with Crippen molar-refractivity contribution in [1.29, 1.82) is 0 Å². The molecule has 1 aromatic heterocycles. The third-order valence-electron chi connectivity index (χ3n) is 2.11. The molecule has 0 aliphatic heterocycles. The zero-order chi connectivity index (χ0) is 12.0. The van der Waals surface area contributed by atoms with E-state index in [2.05, 4.69) is 4.98 Å². The molecule has 84 valence electrons. The van der Waals surface area contributed by atoms with Gasteiger partial charge in [0.1, 0.15) is 17.0 Å². The molecule has 1 N–H and O–H groups in total. The minimum Gasteiger partial charge on any atom is -0.506 e. The number of Topliss-reactive ketones (excluding diaryl/α,β-unsaturated/α-hetero) is 1. The summed E-state index contributed by atoms with van der Waals surface area (Å²) in [6.07, 6.45) is 2.34. The van der Waals surface area contributed by atoms with Crippen LogP contribution in [0.15, 0.2) is 36.5 Å². The van der Waals surface area contributed by atoms with E-state index in [4.69, 9.17) is 0 Å². The molecule has 3 heteroatoms. The van der Waals surface area contributed by atoms with Crippen molar-refractivity contribution in [3.05, 3.63) is 36.5 Å². The molecular formula is C13H15NO2. The first kappa shape index (κ1) is 12.2. The number of hydrogen-bond acceptors (Lipinski definition) is 3. The van der Waals surface area contributed by atoms with Crippen molar-refractivity contribution in [3.8, 4) is 5.75 Å². The first-order valence-electron chi connectivity index (χ1n) is 5.17. The second kappa shape index (κ2) is 5.85. The number of aromatic hydroxyl groups is 1. The van der Waals surface area contributed by atoms with Crippen molar-refractivity contribution in [3.63, 3.8) is 0 Å². The Hall–Kier alpha value is -1.90. The van der Waals surface area contributed by atoms with E-state index in [1.54, 1.807) is 25.3 Å². The van der Waals surface area contributed by atoms with E-state index >= 15 is 0 Å². The number of hydrogen-bond donors (Lipinski definition) is 1. The van der Waals surface area contributed by atoms with Crippen molar-refractivity contribution in [2.24, 2.45) is 0 Å². The molecule has 0 radical (unpaired) electrons. The highest BCUT2D eigenvalue weighted by atomic mass is 16.3. The predicted octanol–water partition coefficient (Wildman–Crippen LogP) is 2.93. The van der Waals surface area contributed by atoms with E-state index in [1.165, 1.54) is 0 Å². The number of rotatable bonds is 1. The van der Waals surface area contributed by atoms with Crippen LogP contribution in [0.4, 0.5) is 0 Å². The van der Waals surface area contributed by atoms with Crippen molar-refractivity contribution >= 4 is 16.7 Å². The third kappa shape index (κ3) is 3.35. The number of aromatic nitrogens is 1. The molecule has 2 aromatic rings. The predicted molar refractivity (Wildman–Crippen MR) is 64.4 cm³/mol. The number of benzene rings is 1. The Morgan fingerprint density at radius 1 is 1.31 bits per heavy atom. The number of fused-ring (bicyclic) bond motifs is 1. The largest absolute Gasteiger partial charge is 0.506 e. The topological polar surface area (TPSA) is 50.2 Å². The molecule has 0 aliphatic carbocycles. The monoisotopic (exact) mass is 217 g/mol. The fraction of sp³-hybridized carbons (Fsp3) is 0.231. The summed E-state index contributed by atoms with van der Waals surface area (Å²) in [5, 5.41) is 10.3. The lowest BCUT2D eigenvalue weighted by Gasteiger charge is -1.96. The van der Waals surface area contributed by atoms with Crippen LogP contribution in [0.5, 0.6) is 5.75 Å². The van der Waals surface area contributed by atoms with Gasteiger partial charge < -0.3 is 9.90 Å². The maximum absolute atomic E-state index is 9.81. The van der Waals surface area contributed by atoms with E-state index in [0.29, 0.717) is 11.9 Å². The number of phenolic OH excluding ortho intramolecular Hbond substituents is 1. The summed E-state index contributed by atoms with van der Waals surface area (Å²) in [6, 6.07) is 9.13. The SMILES string of the molecule is CCC(C)=O.Oc1cccc2cccnc12. The molecule has 0 unspecified atom stereocenters. The average Bonchev–Trinajstić information content (AvgIpc) is 2.30. The molecule has 0 saturated heterocycles. The maximum atomic E-state index is 9.81. The summed E-state index contributed by atoms with van der Waals surface area (Å²) in [7, 11) is 0. The molecule has 1 heterocycles. The number of pyridine rings is 1. The summed E-state index contributed by atoms with van der Waals surface area (Å²) in [5.41, 5.74) is 0.662. The fourth-order valence-corrected chi connectivity index (χ4v) is 1.09. The zero-order valence-electron chi connectivity index (χ0n) is 9.47. The molecule has 0 saturated carbocycles. The zero-order valence-corrected chi connectivity index (χ0v) is 9.47. The van der Waals surface area contributed by atoms with E-state index in [1.807, 2.05) is 25.1 Å². The summed E-state index contributed by atoms with van der Waals surface area (Å²) >= 11 is 0. The molecular weight excluding hydrogens is 202 g/mol. The fourth-order valence-electron chi connectivity index (χ4n) is 1.09. The van der Waals surface area contributed by atoms with Gasteiger partial charge in [-0.15, -0.1) is 0 Å². The molecule has 0 atom stereocenters. The molecule has 2 rings (SSSR count). The minimum absolute atomic E-state index is 0.239. The van der Waals surface area contributed by atoms with E-state index in [9.17, 15) is 9.90 Å². The van der Waals surface area contributed by atoms with Crippen LogP contribution in [0.1, 0.15) is 20.3 Å². The number of para-hydroxylation sites is 1. The van der Waals surface area contributed by atoms with Crippen molar-refractivity contribution < 1.29 is 9.90 Å². The van der Waals surface area contributed by atoms with Gasteiger partial charge in [-0.1, -0.05) is 25.1 Å². The molecule has 0 bridgehead atoms. The van der Waals surface area contributed by atoms with Gasteiger partial charge in [0, 0.05) is 18.0 Å². The molecule has 0 spiro atoms. The average molecular weight is 217 g/mol. The van der Waals surface area contributed by atoms with Crippen LogP contribution in [0.2, 0.25) is 0 Å². The van der Waals surface area contributed by atoms with Gasteiger partial charge in [-0.25, -0.2) is 0 Å². The Kier molecular flexibility index (Phi) is 4.45. The summed E-state index contributed by atoms with van der Waals surface area (Å²) in [5.74, 6) is 0.494. The number of phenols is 1. The first-order valence-corrected chi connectivity index (χ1v) is 5.17. The van der Waals surface area contributed by atoms with Crippen molar-refractivity contribution in [2.75, 3.05) is 0 Å². The van der Waals surface area contributed by atoms with E-state index in [-0.39, 0.29) is 11.5 Å². The lowest BCUT2D eigenvalue weighted by molar-refractivity contribution is -0.116. The minimum atomic E-state index is 0.239. The van der Waals surface area contributed by atoms with Crippen molar-refractivity contribution in [2.45, 2.75) is 20.3 Å². The normalized spacial score (nSPS) is 9.38. The van der Waals surface area contributed by atoms with Crippen LogP contribution in [-0.4, -0.2) is 15.9 Å². The van der Waals surface area contributed by atoms with Gasteiger partial charge in [-0.2, -0.15) is 0 Å². The Morgan fingerprint density at radius 3 is 2.50 bits per heavy atom. The van der Waals surface area contributed by atoms with Gasteiger partial charge >= 0.3 is 0 Å². The Bertz CT molecular complexity index is 475. The van der Waals surface area contributed by atoms with Crippen LogP contribution in [-0.2, 0) is 4.79 Å². The van der Waals surface area contributed by atoms with Gasteiger partial charge in [0.25, 0.3) is 0 Å². The second-order valence-electron chi connectivity index (χ2n) is 3.41. The van der Waals surface area contributed by atoms with Crippen LogP contribution in [0.3, 0.4) is 0 Å². The summed E-state index contributed by atoms with van der Waals surface area (Å²) in [4.78, 5) is 13.8. The molecule has 0 fully saturated rings. The number of carbonyl (C=O) groups excluding carboxylic acids is 1. The third-order valence-corrected chi connectivity index (χ3v) is 2.11.